The quantitative estimate of drug-likeness (QED) is 0.588. The van der Waals surface area contributed by atoms with Gasteiger partial charge in [-0.15, -0.1) is 5.10 Å². The first-order valence-corrected chi connectivity index (χ1v) is 8.60. The lowest BCUT2D eigenvalue weighted by atomic mass is 10.0. The zero-order valence-electron chi connectivity index (χ0n) is 15.5. The van der Waals surface area contributed by atoms with Gasteiger partial charge in [-0.1, -0.05) is 30.3 Å². The van der Waals surface area contributed by atoms with E-state index in [1.54, 1.807) is 55.6 Å². The number of carbonyl (C=O) groups is 3. The Morgan fingerprint density at radius 3 is 2.46 bits per heavy atom. The molecule has 0 aromatic heterocycles. The highest BCUT2D eigenvalue weighted by atomic mass is 16.6. The zero-order valence-corrected chi connectivity index (χ0v) is 15.5. The normalized spacial score (nSPS) is 20.1. The molecule has 0 fully saturated rings. The molecule has 2 aromatic rings. The highest BCUT2D eigenvalue weighted by molar-refractivity contribution is 6.12. The molecule has 2 aliphatic heterocycles. The summed E-state index contributed by atoms with van der Waals surface area (Å²) in [4.78, 5) is 38.4. The van der Waals surface area contributed by atoms with Crippen LogP contribution in [0.3, 0.4) is 0 Å². The number of fused-ring (bicyclic) bond motifs is 2. The van der Waals surface area contributed by atoms with Gasteiger partial charge in [-0.05, 0) is 18.2 Å². The fraction of sp³-hybridized carbons (Fsp3) is 0.200. The SMILES string of the molecule is CC(=O)Oc1ccccc1C1=NN(C(C)=O)C2(O1)C(=O)N(C)c1ccccc12. The summed E-state index contributed by atoms with van der Waals surface area (Å²) in [5.41, 5.74) is -0.221. The Kier molecular flexibility index (Phi) is 3.92. The summed E-state index contributed by atoms with van der Waals surface area (Å²) in [6.45, 7) is 2.59. The summed E-state index contributed by atoms with van der Waals surface area (Å²) < 4.78 is 11.3. The molecule has 142 valence electrons. The second-order valence-electron chi connectivity index (χ2n) is 6.45. The first-order chi connectivity index (χ1) is 13.4. The highest BCUT2D eigenvalue weighted by Gasteiger charge is 2.62. The monoisotopic (exact) mass is 379 g/mol. The molecule has 4 rings (SSSR count). The Labute approximate surface area is 160 Å². The molecule has 2 amide bonds. The second kappa shape index (κ2) is 6.19. The van der Waals surface area contributed by atoms with Crippen molar-refractivity contribution in [3.8, 4) is 5.75 Å². The van der Waals surface area contributed by atoms with Crippen molar-refractivity contribution in [3.05, 3.63) is 59.7 Å². The molecule has 2 heterocycles. The van der Waals surface area contributed by atoms with Crippen LogP contribution in [0.25, 0.3) is 0 Å². The van der Waals surface area contributed by atoms with Gasteiger partial charge in [-0.3, -0.25) is 14.4 Å². The van der Waals surface area contributed by atoms with Gasteiger partial charge in [0.1, 0.15) is 5.75 Å². The van der Waals surface area contributed by atoms with Crippen molar-refractivity contribution in [2.24, 2.45) is 5.10 Å². The van der Waals surface area contributed by atoms with Gasteiger partial charge >= 0.3 is 11.7 Å². The van der Waals surface area contributed by atoms with E-state index in [0.717, 1.165) is 5.01 Å². The fourth-order valence-corrected chi connectivity index (χ4v) is 3.46. The van der Waals surface area contributed by atoms with E-state index in [4.69, 9.17) is 9.47 Å². The number of benzene rings is 2. The summed E-state index contributed by atoms with van der Waals surface area (Å²) in [5.74, 6) is -1.16. The van der Waals surface area contributed by atoms with Crippen LogP contribution >= 0.6 is 0 Å². The lowest BCUT2D eigenvalue weighted by molar-refractivity contribution is -0.161. The van der Waals surface area contributed by atoms with Crippen molar-refractivity contribution < 1.29 is 23.9 Å². The van der Waals surface area contributed by atoms with Crippen molar-refractivity contribution in [2.75, 3.05) is 11.9 Å². The number of esters is 1. The Hall–Kier alpha value is -3.68. The van der Waals surface area contributed by atoms with Crippen LogP contribution in [0.1, 0.15) is 25.0 Å². The van der Waals surface area contributed by atoms with Crippen LogP contribution in [0.2, 0.25) is 0 Å². The van der Waals surface area contributed by atoms with Crippen LogP contribution in [-0.2, 0) is 24.8 Å². The molecule has 0 radical (unpaired) electrons. The van der Waals surface area contributed by atoms with E-state index in [0.29, 0.717) is 16.8 Å². The topological polar surface area (TPSA) is 88.5 Å². The lowest BCUT2D eigenvalue weighted by Crippen LogP contribution is -2.51. The Bertz CT molecular complexity index is 1050. The molecular formula is C20H17N3O5. The number of amides is 2. The summed E-state index contributed by atoms with van der Waals surface area (Å²) in [6.07, 6.45) is 0. The third kappa shape index (κ3) is 2.38. The van der Waals surface area contributed by atoms with Gasteiger partial charge < -0.3 is 14.4 Å². The van der Waals surface area contributed by atoms with E-state index >= 15 is 0 Å². The average Bonchev–Trinajstić information content (AvgIpc) is 3.16. The third-order valence-electron chi connectivity index (χ3n) is 4.63. The maximum Gasteiger partial charge on any atom is 0.314 e. The van der Waals surface area contributed by atoms with Gasteiger partial charge in [0.25, 0.3) is 5.91 Å². The molecule has 0 aliphatic carbocycles. The number of hydrazone groups is 1. The third-order valence-corrected chi connectivity index (χ3v) is 4.63. The molecule has 0 saturated heterocycles. The molecule has 28 heavy (non-hydrogen) atoms. The maximum absolute atomic E-state index is 13.2. The number of nitrogens with zero attached hydrogens (tertiary/aromatic N) is 3. The largest absolute Gasteiger partial charge is 0.433 e. The number of para-hydroxylation sites is 2. The average molecular weight is 379 g/mol. The first kappa shape index (κ1) is 17.7. The first-order valence-electron chi connectivity index (χ1n) is 8.60. The van der Waals surface area contributed by atoms with Crippen molar-refractivity contribution in [2.45, 2.75) is 19.6 Å². The van der Waals surface area contributed by atoms with Gasteiger partial charge in [0, 0.05) is 20.9 Å². The van der Waals surface area contributed by atoms with Crippen LogP contribution in [0, 0.1) is 0 Å². The van der Waals surface area contributed by atoms with E-state index in [2.05, 4.69) is 5.10 Å². The Balaban J connectivity index is 1.87. The van der Waals surface area contributed by atoms with Crippen molar-refractivity contribution >= 4 is 29.4 Å². The smallest absolute Gasteiger partial charge is 0.314 e. The fourth-order valence-electron chi connectivity index (χ4n) is 3.46. The molecule has 0 N–H and O–H groups in total. The van der Waals surface area contributed by atoms with Crippen LogP contribution < -0.4 is 9.64 Å². The molecule has 8 nitrogen and oxygen atoms in total. The lowest BCUT2D eigenvalue weighted by Gasteiger charge is -2.28. The number of anilines is 1. The number of ether oxygens (including phenoxy) is 2. The van der Waals surface area contributed by atoms with Gasteiger partial charge in [0.2, 0.25) is 11.8 Å². The van der Waals surface area contributed by atoms with Crippen LogP contribution in [0.5, 0.6) is 5.75 Å². The minimum Gasteiger partial charge on any atom is -0.433 e. The number of hydrogen-bond donors (Lipinski definition) is 0. The molecule has 0 saturated carbocycles. The van der Waals surface area contributed by atoms with Crippen LogP contribution in [0.15, 0.2) is 53.6 Å². The molecular weight excluding hydrogens is 362 g/mol. The Morgan fingerprint density at radius 2 is 1.75 bits per heavy atom. The molecule has 8 heteroatoms. The van der Waals surface area contributed by atoms with Crippen LogP contribution in [-0.4, -0.2) is 35.7 Å². The van der Waals surface area contributed by atoms with Crippen molar-refractivity contribution in [3.63, 3.8) is 0 Å². The Morgan fingerprint density at radius 1 is 1.07 bits per heavy atom. The molecule has 0 bridgehead atoms. The predicted octanol–water partition coefficient (Wildman–Crippen LogP) is 1.98. The predicted molar refractivity (Wildman–Crippen MR) is 99.4 cm³/mol. The van der Waals surface area contributed by atoms with Gasteiger partial charge in [-0.25, -0.2) is 0 Å². The highest BCUT2D eigenvalue weighted by Crippen LogP contribution is 2.48. The number of likely N-dealkylation sites (N-methyl/N-ethyl adjacent to an activating group) is 1. The van der Waals surface area contributed by atoms with E-state index in [-0.39, 0.29) is 11.6 Å². The van der Waals surface area contributed by atoms with Crippen LogP contribution in [0.4, 0.5) is 5.69 Å². The molecule has 1 unspecified atom stereocenters. The molecule has 1 atom stereocenters. The molecule has 2 aromatic carbocycles. The molecule has 2 aliphatic rings. The van der Waals surface area contributed by atoms with Crippen molar-refractivity contribution in [1.29, 1.82) is 0 Å². The van der Waals surface area contributed by atoms with Crippen molar-refractivity contribution in [1.82, 2.24) is 5.01 Å². The summed E-state index contributed by atoms with van der Waals surface area (Å²) in [6, 6.07) is 13.7. The molecule has 1 spiro atoms. The zero-order chi connectivity index (χ0) is 20.1. The maximum atomic E-state index is 13.2. The van der Waals surface area contributed by atoms with E-state index in [1.165, 1.54) is 18.7 Å². The van der Waals surface area contributed by atoms with Gasteiger partial charge in [0.15, 0.2) is 0 Å². The van der Waals surface area contributed by atoms with E-state index in [9.17, 15) is 14.4 Å². The van der Waals surface area contributed by atoms with E-state index in [1.807, 2.05) is 0 Å². The summed E-state index contributed by atoms with van der Waals surface area (Å²) >= 11 is 0. The van der Waals surface area contributed by atoms with Gasteiger partial charge in [-0.2, -0.15) is 5.01 Å². The second-order valence-corrected chi connectivity index (χ2v) is 6.45. The number of hydrogen-bond acceptors (Lipinski definition) is 6. The summed E-state index contributed by atoms with van der Waals surface area (Å²) in [5, 5.41) is 5.32. The number of rotatable bonds is 2. The number of carbonyl (C=O) groups excluding carboxylic acids is 3. The minimum absolute atomic E-state index is 0.0190. The van der Waals surface area contributed by atoms with E-state index < -0.39 is 23.5 Å². The summed E-state index contributed by atoms with van der Waals surface area (Å²) in [7, 11) is 1.61. The minimum atomic E-state index is -1.73. The standard InChI is InChI=1S/C20H17N3O5/c1-12(24)23-20(15-9-5-6-10-16(15)22(3)19(20)26)28-18(21-23)14-8-4-7-11-17(14)27-13(2)25/h4-11H,1-3H3. The van der Waals surface area contributed by atoms with Gasteiger partial charge in [0.05, 0.1) is 16.8 Å².